The number of imide groups is 1. The number of aldehydes is 2. The minimum atomic E-state index is -2.12. The largest absolute Gasteiger partial charge is 0.507 e. The Balaban J connectivity index is 1.22. The molecule has 1 fully saturated rings. The number of carbonyl (C=O) groups excluding carboxylic acids is 5. The zero-order valence-electron chi connectivity index (χ0n) is 30.0. The van der Waals surface area contributed by atoms with Crippen molar-refractivity contribution in [1.82, 2.24) is 10.9 Å². The van der Waals surface area contributed by atoms with Crippen molar-refractivity contribution in [1.29, 1.82) is 0 Å². The van der Waals surface area contributed by atoms with Crippen molar-refractivity contribution in [3.63, 3.8) is 0 Å². The zero-order valence-corrected chi connectivity index (χ0v) is 30.0. The van der Waals surface area contributed by atoms with E-state index in [-0.39, 0.29) is 57.0 Å². The maximum atomic E-state index is 13.0. The van der Waals surface area contributed by atoms with E-state index >= 15 is 0 Å². The molecule has 0 spiro atoms. The maximum Gasteiger partial charge on any atom is 0.258 e. The fourth-order valence-electron chi connectivity index (χ4n) is 8.28. The summed E-state index contributed by atoms with van der Waals surface area (Å²) in [5.41, 5.74) is 9.74. The lowest BCUT2D eigenvalue weighted by molar-refractivity contribution is -0.133. The molecule has 292 valence electrons. The highest BCUT2D eigenvalue weighted by molar-refractivity contribution is 6.28. The van der Waals surface area contributed by atoms with E-state index in [2.05, 4.69) is 10.9 Å². The molecule has 4 aromatic rings. The average molecular weight is 769 g/mol. The van der Waals surface area contributed by atoms with Crippen molar-refractivity contribution in [3.05, 3.63) is 76.9 Å². The van der Waals surface area contributed by atoms with E-state index in [9.17, 15) is 54.6 Å². The quantitative estimate of drug-likeness (QED) is 0.0366. The molecule has 0 aromatic heterocycles. The van der Waals surface area contributed by atoms with Crippen LogP contribution >= 0.6 is 0 Å². The number of aromatic hydroxyl groups is 4. The van der Waals surface area contributed by atoms with Crippen LogP contribution < -0.4 is 21.5 Å². The van der Waals surface area contributed by atoms with Crippen molar-refractivity contribution >= 4 is 57.5 Å². The van der Waals surface area contributed by atoms with Gasteiger partial charge >= 0.3 is 0 Å². The summed E-state index contributed by atoms with van der Waals surface area (Å²) in [6, 6.07) is 8.17. The fraction of sp³-hybridized carbons (Fsp3) is 0.325. The zero-order chi connectivity index (χ0) is 40.2. The van der Waals surface area contributed by atoms with Crippen molar-refractivity contribution in [2.75, 3.05) is 4.90 Å². The van der Waals surface area contributed by atoms with Gasteiger partial charge in [0.05, 0.1) is 46.8 Å². The second kappa shape index (κ2) is 14.6. The lowest BCUT2D eigenvalue weighted by atomic mass is 9.73. The van der Waals surface area contributed by atoms with Gasteiger partial charge in [-0.05, 0) is 36.5 Å². The van der Waals surface area contributed by atoms with E-state index in [1.54, 1.807) is 19.1 Å². The summed E-state index contributed by atoms with van der Waals surface area (Å²) in [6.45, 7) is 1.79. The Morgan fingerprint density at radius 2 is 1.64 bits per heavy atom. The number of nitrogens with one attached hydrogen (secondary N) is 2. The van der Waals surface area contributed by atoms with Crippen LogP contribution in [0, 0.1) is 5.92 Å². The van der Waals surface area contributed by atoms with Crippen LogP contribution in [-0.2, 0) is 36.8 Å². The van der Waals surface area contributed by atoms with Crippen LogP contribution in [0.5, 0.6) is 23.0 Å². The van der Waals surface area contributed by atoms with E-state index in [1.807, 2.05) is 0 Å². The number of hydrogen-bond acceptors (Lipinski definition) is 14. The first kappa shape index (κ1) is 38.4. The van der Waals surface area contributed by atoms with Crippen LogP contribution in [0.2, 0.25) is 0 Å². The van der Waals surface area contributed by atoms with E-state index in [0.29, 0.717) is 30.2 Å². The van der Waals surface area contributed by atoms with Crippen molar-refractivity contribution in [3.8, 4) is 23.0 Å². The van der Waals surface area contributed by atoms with E-state index < -0.39 is 89.6 Å². The number of phenols is 4. The maximum absolute atomic E-state index is 13.0. The topological polar surface area (TPSA) is 269 Å². The first-order valence-corrected chi connectivity index (χ1v) is 18.0. The number of rotatable bonds is 10. The number of hydrogen-bond donors (Lipinski definition) is 9. The summed E-state index contributed by atoms with van der Waals surface area (Å²) in [5, 5.41) is 68.6. The summed E-state index contributed by atoms with van der Waals surface area (Å²) < 4.78 is 6.49. The van der Waals surface area contributed by atoms with Gasteiger partial charge in [0, 0.05) is 58.5 Å². The number of aliphatic hydroxyl groups is 2. The molecule has 7 rings (SSSR count). The fourth-order valence-corrected chi connectivity index (χ4v) is 8.28. The number of carbonyl (C=O) groups is 5. The van der Waals surface area contributed by atoms with Gasteiger partial charge in [-0.1, -0.05) is 37.3 Å². The molecular weight excluding hydrogens is 728 g/mol. The molecule has 3 aliphatic rings. The minimum absolute atomic E-state index is 0.00308. The van der Waals surface area contributed by atoms with Crippen LogP contribution in [0.3, 0.4) is 0 Å². The number of fused-ring (bicyclic) bond motifs is 3. The van der Waals surface area contributed by atoms with E-state index in [1.165, 1.54) is 30.3 Å². The second-order valence-corrected chi connectivity index (χ2v) is 14.8. The number of amides is 3. The van der Waals surface area contributed by atoms with Crippen LogP contribution in [0.1, 0.15) is 59.3 Å². The van der Waals surface area contributed by atoms with Gasteiger partial charge in [-0.2, -0.15) is 0 Å². The molecule has 16 nitrogen and oxygen atoms in total. The molecule has 1 saturated carbocycles. The summed E-state index contributed by atoms with van der Waals surface area (Å²) in [6.07, 6.45) is -0.193. The highest BCUT2D eigenvalue weighted by Gasteiger charge is 2.48. The number of phenolic OH excluding ortho intramolecular Hbond substituents is 4. The molecule has 2 aliphatic carbocycles. The standard InChI is InChI=1S/C40H40N4O12/c1-18-11-22(13-25(41)35(18)50)56-26-15-40(55,27(17-46)42-43-28(47)12-19-5-7-21(8-6-19)44-29(48)9-10-30(44)49)14-24-32(26)39(54)34-33(37(24)52)36(51)23-4-2-3-20(16-45)31(23)38(34)53/h2-10,16-18,22,25-27,35,42,50-55H,11-15,41H2,1H3,(H,43,47)/t18?,22?,25?,26-,27?,35?,40-/m0/s1. The molecule has 0 saturated heterocycles. The Hall–Kier alpha value is -5.91. The number of nitrogens with zero attached hydrogens (tertiary/aromatic N) is 1. The van der Waals surface area contributed by atoms with Gasteiger partial charge < -0.3 is 45.9 Å². The third-order valence-corrected chi connectivity index (χ3v) is 11.1. The third kappa shape index (κ3) is 6.50. The average Bonchev–Trinajstić information content (AvgIpc) is 3.50. The molecule has 7 atom stereocenters. The van der Waals surface area contributed by atoms with E-state index in [4.69, 9.17) is 10.5 Å². The monoisotopic (exact) mass is 768 g/mol. The van der Waals surface area contributed by atoms with Gasteiger partial charge in [-0.15, -0.1) is 0 Å². The van der Waals surface area contributed by atoms with Gasteiger partial charge in [0.25, 0.3) is 11.8 Å². The Morgan fingerprint density at radius 1 is 0.964 bits per heavy atom. The molecule has 1 aliphatic heterocycles. The van der Waals surface area contributed by atoms with Gasteiger partial charge in [0.15, 0.2) is 6.29 Å². The predicted molar refractivity (Wildman–Crippen MR) is 200 cm³/mol. The molecule has 4 aromatic carbocycles. The second-order valence-electron chi connectivity index (χ2n) is 14.8. The van der Waals surface area contributed by atoms with Crippen LogP contribution in [0.25, 0.3) is 21.5 Å². The highest BCUT2D eigenvalue weighted by atomic mass is 16.5. The molecule has 1 heterocycles. The SMILES string of the molecule is CC1CC(O[C@H]2C[C@](O)(C(C=O)NNC(=O)Cc3ccc(N4C(=O)C=CC4=O)cc3)Cc3c2c(O)c2c(O)c4c(C=O)cccc4c(O)c2c3O)CC(N)C1O. The number of aliphatic hydroxyl groups excluding tert-OH is 1. The molecule has 56 heavy (non-hydrogen) atoms. The number of hydrazine groups is 1. The third-order valence-electron chi connectivity index (χ3n) is 11.1. The lowest BCUT2D eigenvalue weighted by Gasteiger charge is -2.44. The Bertz CT molecular complexity index is 2300. The molecular formula is C40H40N4O12. The first-order valence-electron chi connectivity index (χ1n) is 18.0. The number of benzene rings is 4. The first-order chi connectivity index (χ1) is 26.7. The molecule has 3 amide bonds. The van der Waals surface area contributed by atoms with Gasteiger partial charge in [0.1, 0.15) is 35.3 Å². The highest BCUT2D eigenvalue weighted by Crippen LogP contribution is 2.57. The Morgan fingerprint density at radius 3 is 2.29 bits per heavy atom. The van der Waals surface area contributed by atoms with Crippen LogP contribution in [-0.4, -0.2) is 90.8 Å². The smallest absolute Gasteiger partial charge is 0.258 e. The molecule has 0 bridgehead atoms. The Kier molecular flexibility index (Phi) is 10.0. The normalized spacial score (nSPS) is 25.4. The number of ether oxygens (including phenoxy) is 1. The van der Waals surface area contributed by atoms with Gasteiger partial charge in [-0.3, -0.25) is 24.6 Å². The summed E-state index contributed by atoms with van der Waals surface area (Å²) >= 11 is 0. The minimum Gasteiger partial charge on any atom is -0.507 e. The summed E-state index contributed by atoms with van der Waals surface area (Å²) in [5.74, 6) is -4.31. The van der Waals surface area contributed by atoms with Crippen LogP contribution in [0.4, 0.5) is 5.69 Å². The van der Waals surface area contributed by atoms with Crippen LogP contribution in [0.15, 0.2) is 54.6 Å². The molecule has 10 N–H and O–H groups in total. The van der Waals surface area contributed by atoms with E-state index in [0.717, 1.165) is 17.1 Å². The van der Waals surface area contributed by atoms with Crippen molar-refractivity contribution in [2.24, 2.45) is 11.7 Å². The predicted octanol–water partition coefficient (Wildman–Crippen LogP) is 1.71. The van der Waals surface area contributed by atoms with Gasteiger partial charge in [0.2, 0.25) is 5.91 Å². The summed E-state index contributed by atoms with van der Waals surface area (Å²) in [4.78, 5) is 62.6. The van der Waals surface area contributed by atoms with Crippen molar-refractivity contribution in [2.45, 2.75) is 75.0 Å². The lowest BCUT2D eigenvalue weighted by Crippen LogP contribution is -2.60. The van der Waals surface area contributed by atoms with Crippen molar-refractivity contribution < 1.29 is 59.3 Å². The molecule has 5 unspecified atom stereocenters. The molecule has 16 heteroatoms. The summed E-state index contributed by atoms with van der Waals surface area (Å²) in [7, 11) is 0. The van der Waals surface area contributed by atoms with Gasteiger partial charge in [-0.25, -0.2) is 10.3 Å². The number of nitrogens with two attached hydrogens (primary N) is 1. The Labute approximate surface area is 318 Å². The number of anilines is 1. The molecule has 0 radical (unpaired) electrons.